The van der Waals surface area contributed by atoms with E-state index in [0.717, 1.165) is 6.92 Å². The Kier molecular flexibility index (Phi) is 26.2. The Bertz CT molecular complexity index is 1060. The van der Waals surface area contributed by atoms with E-state index >= 15 is 0 Å². The lowest BCUT2D eigenvalue weighted by atomic mass is 10.2. The molecule has 0 aliphatic heterocycles. The maximum atomic E-state index is 10.3. The van der Waals surface area contributed by atoms with Gasteiger partial charge in [0.1, 0.15) is 41.2 Å². The van der Waals surface area contributed by atoms with Crippen molar-refractivity contribution in [3.05, 3.63) is 0 Å². The number of hydrogen-bond acceptors (Lipinski definition) is 17. The van der Waals surface area contributed by atoms with E-state index in [2.05, 4.69) is 12.6 Å². The van der Waals surface area contributed by atoms with Crippen molar-refractivity contribution < 1.29 is 75.4 Å². The zero-order valence-electron chi connectivity index (χ0n) is 21.6. The van der Waals surface area contributed by atoms with Crippen LogP contribution in [0.5, 0.6) is 0 Å². The zero-order valence-corrected chi connectivity index (χ0v) is 25.7. The number of carboxylic acid groups (broad SMARTS) is 5. The SMILES string of the molecule is CC([C@H](N)C(=O)O)S(=O)(=O)O.NC(CSSC[C@H](N)C(=O)O)C(=O)O.N[C@@H](CS(=O)(=O)O)C(=O)O.N[C@@H](CS)C(=O)O. The van der Waals surface area contributed by atoms with E-state index in [1.165, 1.54) is 21.6 Å². The topological polar surface area (TPSA) is 425 Å². The molecule has 0 saturated heterocycles. The van der Waals surface area contributed by atoms with Crippen LogP contribution in [-0.4, -0.2) is 140 Å². The fourth-order valence-corrected chi connectivity index (χ4v) is 4.62. The summed E-state index contributed by atoms with van der Waals surface area (Å²) in [4.78, 5) is 50.3. The van der Waals surface area contributed by atoms with Crippen molar-refractivity contribution in [2.24, 2.45) is 28.7 Å². The van der Waals surface area contributed by atoms with Crippen LogP contribution in [-0.2, 0) is 44.2 Å². The van der Waals surface area contributed by atoms with Crippen LogP contribution in [0.2, 0.25) is 0 Å². The van der Waals surface area contributed by atoms with Crippen LogP contribution in [0.1, 0.15) is 6.92 Å². The summed E-state index contributed by atoms with van der Waals surface area (Å²) in [5.74, 6) is -6.37. The number of hydrogen-bond donors (Lipinski definition) is 13. The summed E-state index contributed by atoms with van der Waals surface area (Å²) >= 11 is 3.65. The highest BCUT2D eigenvalue weighted by atomic mass is 33.1. The van der Waals surface area contributed by atoms with Gasteiger partial charge in [0.15, 0.2) is 0 Å². The van der Waals surface area contributed by atoms with Crippen LogP contribution in [0.4, 0.5) is 0 Å². The largest absolute Gasteiger partial charge is 0.480 e. The quantitative estimate of drug-likeness (QED) is 0.0329. The molecule has 42 heavy (non-hydrogen) atoms. The lowest BCUT2D eigenvalue weighted by Crippen LogP contribution is -2.44. The van der Waals surface area contributed by atoms with Crippen molar-refractivity contribution in [1.82, 2.24) is 0 Å². The summed E-state index contributed by atoms with van der Waals surface area (Å²) in [7, 11) is -6.22. The average Bonchev–Trinajstić information content (AvgIpc) is 2.83. The van der Waals surface area contributed by atoms with Gasteiger partial charge in [0.25, 0.3) is 20.2 Å². The fraction of sp³-hybridized carbons (Fsp3) is 0.688. The third kappa shape index (κ3) is 29.5. The highest BCUT2D eigenvalue weighted by molar-refractivity contribution is 8.76. The minimum Gasteiger partial charge on any atom is -0.480 e. The number of rotatable bonds is 15. The first-order chi connectivity index (χ1) is 18.7. The summed E-state index contributed by atoms with van der Waals surface area (Å²) in [5, 5.41) is 39.6. The zero-order chi connectivity index (χ0) is 34.6. The smallest absolute Gasteiger partial charge is 0.321 e. The monoisotopic (exact) mass is 713 g/mol. The van der Waals surface area contributed by atoms with E-state index in [4.69, 9.17) is 63.3 Å². The molecule has 0 aromatic rings. The predicted octanol–water partition coefficient (Wildman–Crippen LogP) is -4.52. The van der Waals surface area contributed by atoms with Gasteiger partial charge >= 0.3 is 29.8 Å². The Labute approximate surface area is 253 Å². The minimum absolute atomic E-state index is 0.190. The number of nitrogens with two attached hydrogens (primary N) is 5. The molecule has 17 N–H and O–H groups in total. The molecule has 0 aromatic carbocycles. The molecule has 6 atom stereocenters. The van der Waals surface area contributed by atoms with Gasteiger partial charge in [-0.25, -0.2) is 0 Å². The number of thiol groups is 1. The molecule has 21 nitrogen and oxygen atoms in total. The second kappa shape index (κ2) is 23.5. The second-order valence-electron chi connectivity index (χ2n) is 7.36. The summed E-state index contributed by atoms with van der Waals surface area (Å²) in [6.45, 7) is 1.02. The van der Waals surface area contributed by atoms with Crippen molar-refractivity contribution in [2.45, 2.75) is 42.4 Å². The lowest BCUT2D eigenvalue weighted by molar-refractivity contribution is -0.139. The van der Waals surface area contributed by atoms with Gasteiger partial charge in [0.05, 0.1) is 0 Å². The van der Waals surface area contributed by atoms with Gasteiger partial charge in [-0.05, 0) is 6.92 Å². The van der Waals surface area contributed by atoms with Gasteiger partial charge in [0.2, 0.25) is 0 Å². The highest BCUT2D eigenvalue weighted by Crippen LogP contribution is 2.22. The third-order valence-corrected chi connectivity index (χ3v) is 8.58. The molecule has 0 bridgehead atoms. The maximum Gasteiger partial charge on any atom is 0.321 e. The molecule has 0 heterocycles. The highest BCUT2D eigenvalue weighted by Gasteiger charge is 2.29. The van der Waals surface area contributed by atoms with Crippen LogP contribution in [0, 0.1) is 0 Å². The van der Waals surface area contributed by atoms with Gasteiger partial charge in [-0.3, -0.25) is 33.1 Å². The Morgan fingerprint density at radius 2 is 0.952 bits per heavy atom. The molecule has 0 aromatic heterocycles. The van der Waals surface area contributed by atoms with Crippen molar-refractivity contribution >= 4 is 84.3 Å². The predicted molar refractivity (Wildman–Crippen MR) is 154 cm³/mol. The standard InChI is InChI=1S/C6H12N2O4S2.C4H9NO5S.C3H7NO5S.C3H7NO2S/c7-3(5(9)10)1-13-14-2-4(8)6(11)12;1-2(11(8,9)10)3(5)4(6)7;4-2(3(5)6)1-10(7,8)9;4-2(1-7)3(5)6/h3-4H,1-2,7-8H2,(H,9,10)(H,11,12);2-3H,5H2,1H3,(H,6,7)(H,8,9,10);2H,1,4H2,(H,5,6)(H,7,8,9);2,7H,1,4H2,(H,5,6)/t3-,4?;2?,3-;2*2-/m0000/s1. The summed E-state index contributed by atoms with van der Waals surface area (Å²) in [6.07, 6.45) is 0. The Hall–Kier alpha value is -1.98. The molecule has 0 saturated carbocycles. The molecular formula is C16H35N5O16S5. The summed E-state index contributed by atoms with van der Waals surface area (Å²) in [6, 6.07) is -5.81. The normalized spacial score (nSPS) is 15.2. The van der Waals surface area contributed by atoms with E-state index < -0.39 is 91.3 Å². The van der Waals surface area contributed by atoms with Gasteiger partial charge < -0.3 is 54.2 Å². The summed E-state index contributed by atoms with van der Waals surface area (Å²) < 4.78 is 56.9. The van der Waals surface area contributed by atoms with Gasteiger partial charge in [-0.1, -0.05) is 21.6 Å². The fourth-order valence-electron chi connectivity index (χ4n) is 1.15. The molecule has 2 unspecified atom stereocenters. The minimum atomic E-state index is -4.35. The van der Waals surface area contributed by atoms with Crippen molar-refractivity contribution in [2.75, 3.05) is 23.0 Å². The van der Waals surface area contributed by atoms with Crippen molar-refractivity contribution in [1.29, 1.82) is 0 Å². The molecule has 0 fully saturated rings. The van der Waals surface area contributed by atoms with E-state index in [0.29, 0.717) is 0 Å². The first kappa shape index (κ1) is 47.0. The molecule has 0 aliphatic rings. The number of aliphatic carboxylic acids is 5. The maximum absolute atomic E-state index is 10.3. The van der Waals surface area contributed by atoms with Gasteiger partial charge in [0, 0.05) is 17.3 Å². The molecule has 26 heteroatoms. The molecule has 0 aliphatic carbocycles. The van der Waals surface area contributed by atoms with Crippen LogP contribution < -0.4 is 28.7 Å². The second-order valence-corrected chi connectivity index (χ2v) is 13.6. The van der Waals surface area contributed by atoms with Gasteiger partial charge in [-0.15, -0.1) is 0 Å². The molecule has 0 radical (unpaired) electrons. The molecular weight excluding hydrogens is 679 g/mol. The molecule has 0 spiro atoms. The lowest BCUT2D eigenvalue weighted by Gasteiger charge is -2.11. The first-order valence-electron chi connectivity index (χ1n) is 10.4. The van der Waals surface area contributed by atoms with Gasteiger partial charge in [-0.2, -0.15) is 29.5 Å². The summed E-state index contributed by atoms with van der Waals surface area (Å²) in [5.41, 5.74) is 25.0. The van der Waals surface area contributed by atoms with E-state index in [9.17, 15) is 40.8 Å². The van der Waals surface area contributed by atoms with Crippen LogP contribution in [0.15, 0.2) is 0 Å². The molecule has 0 rings (SSSR count). The van der Waals surface area contributed by atoms with Crippen molar-refractivity contribution in [3.63, 3.8) is 0 Å². The molecule has 250 valence electrons. The Morgan fingerprint density at radius 3 is 1.07 bits per heavy atom. The number of carbonyl (C=O) groups is 5. The first-order valence-corrected chi connectivity index (χ1v) is 16.6. The van der Waals surface area contributed by atoms with Crippen LogP contribution in [0.3, 0.4) is 0 Å². The number of carboxylic acids is 5. The van der Waals surface area contributed by atoms with E-state index in [1.54, 1.807) is 0 Å². The van der Waals surface area contributed by atoms with Crippen LogP contribution in [0.25, 0.3) is 0 Å². The average molecular weight is 714 g/mol. The van der Waals surface area contributed by atoms with E-state index in [1.807, 2.05) is 0 Å². The van der Waals surface area contributed by atoms with E-state index in [-0.39, 0.29) is 17.3 Å². The van der Waals surface area contributed by atoms with Crippen LogP contribution >= 0.6 is 34.2 Å². The van der Waals surface area contributed by atoms with Crippen molar-refractivity contribution in [3.8, 4) is 0 Å². The molecule has 0 amide bonds. The third-order valence-electron chi connectivity index (χ3n) is 3.69. The Morgan fingerprint density at radius 1 is 0.643 bits per heavy atom. The Balaban J connectivity index is -0.000000236.